The third-order valence-corrected chi connectivity index (χ3v) is 4.84. The number of fused-ring (bicyclic) bond motifs is 1. The molecule has 3 aromatic carbocycles. The summed E-state index contributed by atoms with van der Waals surface area (Å²) in [4.78, 5) is 4.76. The van der Waals surface area contributed by atoms with Crippen molar-refractivity contribution in [3.63, 3.8) is 0 Å². The van der Waals surface area contributed by atoms with E-state index in [4.69, 9.17) is 9.41 Å². The van der Waals surface area contributed by atoms with Gasteiger partial charge in [0.2, 0.25) is 0 Å². The third kappa shape index (κ3) is 3.74. The van der Waals surface area contributed by atoms with Gasteiger partial charge in [-0.2, -0.15) is 0 Å². The lowest BCUT2D eigenvalue weighted by atomic mass is 10.0. The monoisotopic (exact) mass is 371 g/mol. The van der Waals surface area contributed by atoms with Gasteiger partial charge in [0.1, 0.15) is 17.2 Å². The molecule has 0 saturated heterocycles. The number of aryl methyl sites for hydroxylation is 1. The zero-order valence-electron chi connectivity index (χ0n) is 16.2. The zero-order chi connectivity index (χ0) is 19.7. The predicted octanol–water partition coefficient (Wildman–Crippen LogP) is 6.90. The molecule has 0 radical (unpaired) electrons. The molecule has 0 spiro atoms. The smallest absolute Gasteiger partial charge is 0.136 e. The average molecular weight is 371 g/mol. The lowest BCUT2D eigenvalue weighted by Gasteiger charge is -2.08. The molecule has 0 aliphatic carbocycles. The first kappa shape index (κ1) is 18.2. The maximum absolute atomic E-state index is 13.2. The molecule has 0 N–H and O–H groups in total. The summed E-state index contributed by atoms with van der Waals surface area (Å²) in [6, 6.07) is 22.6. The molecule has 0 amide bonds. The number of hydrogen-bond acceptors (Lipinski definition) is 2. The summed E-state index contributed by atoms with van der Waals surface area (Å²) in [5, 5.41) is 1.74. The van der Waals surface area contributed by atoms with Crippen molar-refractivity contribution in [2.45, 2.75) is 26.7 Å². The van der Waals surface area contributed by atoms with Crippen molar-refractivity contribution in [1.29, 1.82) is 0 Å². The van der Waals surface area contributed by atoms with Crippen molar-refractivity contribution in [1.82, 2.24) is 0 Å². The van der Waals surface area contributed by atoms with Crippen LogP contribution in [0.3, 0.4) is 0 Å². The van der Waals surface area contributed by atoms with Crippen LogP contribution in [-0.4, -0.2) is 0 Å². The van der Waals surface area contributed by atoms with E-state index < -0.39 is 0 Å². The Hall–Kier alpha value is -3.20. The molecule has 3 heteroatoms. The summed E-state index contributed by atoms with van der Waals surface area (Å²) >= 11 is 0. The molecule has 28 heavy (non-hydrogen) atoms. The van der Waals surface area contributed by atoms with Crippen LogP contribution in [0.5, 0.6) is 0 Å². The van der Waals surface area contributed by atoms with Crippen LogP contribution in [0.15, 0.2) is 82.2 Å². The van der Waals surface area contributed by atoms with Gasteiger partial charge in [0, 0.05) is 17.0 Å². The molecule has 0 unspecified atom stereocenters. The van der Waals surface area contributed by atoms with Gasteiger partial charge >= 0.3 is 0 Å². The van der Waals surface area contributed by atoms with Gasteiger partial charge in [-0.15, -0.1) is 0 Å². The summed E-state index contributed by atoms with van der Waals surface area (Å²) in [5.74, 6) is 0.968. The highest BCUT2D eigenvalue weighted by Crippen LogP contribution is 2.25. The molecule has 1 heterocycles. The normalized spacial score (nSPS) is 12.1. The number of benzene rings is 3. The summed E-state index contributed by atoms with van der Waals surface area (Å²) in [7, 11) is 0. The molecular formula is C25H22FNO. The van der Waals surface area contributed by atoms with Crippen molar-refractivity contribution >= 4 is 16.7 Å². The second-order valence-corrected chi connectivity index (χ2v) is 7.36. The maximum atomic E-state index is 13.2. The summed E-state index contributed by atoms with van der Waals surface area (Å²) in [5.41, 5.74) is 4.90. The van der Waals surface area contributed by atoms with Crippen LogP contribution < -0.4 is 5.36 Å². The van der Waals surface area contributed by atoms with E-state index in [9.17, 15) is 4.39 Å². The molecule has 0 aliphatic heterocycles. The van der Waals surface area contributed by atoms with Crippen LogP contribution in [0, 0.1) is 12.7 Å². The minimum Gasteiger partial charge on any atom is -0.456 e. The van der Waals surface area contributed by atoms with E-state index in [2.05, 4.69) is 44.2 Å². The molecule has 2 nitrogen and oxygen atoms in total. The van der Waals surface area contributed by atoms with Crippen LogP contribution in [0.2, 0.25) is 0 Å². The predicted molar refractivity (Wildman–Crippen MR) is 112 cm³/mol. The first-order valence-corrected chi connectivity index (χ1v) is 9.45. The second kappa shape index (κ2) is 7.43. The Kier molecular flexibility index (Phi) is 4.82. The Labute approximate surface area is 164 Å². The van der Waals surface area contributed by atoms with Crippen molar-refractivity contribution < 1.29 is 8.81 Å². The van der Waals surface area contributed by atoms with Crippen molar-refractivity contribution in [2.24, 2.45) is 4.99 Å². The SMILES string of the molecule is Cc1ccc2oc(-c3ccc(C(C)C)cc3)cc(=Nc3ccc(F)cc3)c2c1. The Morgan fingerprint density at radius 3 is 2.25 bits per heavy atom. The van der Waals surface area contributed by atoms with Crippen LogP contribution in [0.4, 0.5) is 10.1 Å². The van der Waals surface area contributed by atoms with Crippen LogP contribution in [0.1, 0.15) is 30.9 Å². The largest absolute Gasteiger partial charge is 0.456 e. The Balaban J connectivity index is 1.91. The first-order chi connectivity index (χ1) is 13.5. The standard InChI is InChI=1S/C25H22FNO/c1-16(2)18-5-7-19(8-6-18)25-15-23(27-21-11-9-20(26)10-12-21)22-14-17(3)4-13-24(22)28-25/h4-16H,1-3H3. The zero-order valence-corrected chi connectivity index (χ0v) is 16.2. The molecule has 0 atom stereocenters. The molecule has 4 rings (SSSR count). The molecule has 4 aromatic rings. The fourth-order valence-corrected chi connectivity index (χ4v) is 3.20. The Morgan fingerprint density at radius 1 is 0.857 bits per heavy atom. The van der Waals surface area contributed by atoms with Crippen LogP contribution in [0.25, 0.3) is 22.3 Å². The molecular weight excluding hydrogens is 349 g/mol. The Bertz CT molecular complexity index is 1190. The van der Waals surface area contributed by atoms with E-state index in [0.29, 0.717) is 11.6 Å². The quantitative estimate of drug-likeness (QED) is 0.384. The van der Waals surface area contributed by atoms with Gasteiger partial charge in [-0.05, 0) is 54.8 Å². The van der Waals surface area contributed by atoms with E-state index in [0.717, 1.165) is 33.2 Å². The lowest BCUT2D eigenvalue weighted by Crippen LogP contribution is -2.03. The minimum absolute atomic E-state index is 0.270. The van der Waals surface area contributed by atoms with E-state index >= 15 is 0 Å². The summed E-state index contributed by atoms with van der Waals surface area (Å²) < 4.78 is 19.4. The van der Waals surface area contributed by atoms with Crippen LogP contribution >= 0.6 is 0 Å². The number of halogens is 1. The third-order valence-electron chi connectivity index (χ3n) is 4.84. The van der Waals surface area contributed by atoms with Gasteiger partial charge in [0.25, 0.3) is 0 Å². The molecule has 0 aliphatic rings. The number of hydrogen-bond donors (Lipinski definition) is 0. The van der Waals surface area contributed by atoms with Gasteiger partial charge in [0.05, 0.1) is 11.0 Å². The molecule has 0 bridgehead atoms. The van der Waals surface area contributed by atoms with E-state index in [1.165, 1.54) is 17.7 Å². The highest BCUT2D eigenvalue weighted by Gasteiger charge is 2.08. The molecule has 1 aromatic heterocycles. The van der Waals surface area contributed by atoms with E-state index in [-0.39, 0.29) is 5.82 Å². The van der Waals surface area contributed by atoms with Crippen molar-refractivity contribution in [3.8, 4) is 11.3 Å². The van der Waals surface area contributed by atoms with Gasteiger partial charge in [-0.3, -0.25) is 0 Å². The van der Waals surface area contributed by atoms with Gasteiger partial charge in [0.15, 0.2) is 0 Å². The summed E-state index contributed by atoms with van der Waals surface area (Å²) in [6.45, 7) is 6.40. The fourth-order valence-electron chi connectivity index (χ4n) is 3.20. The lowest BCUT2D eigenvalue weighted by molar-refractivity contribution is 0.618. The van der Waals surface area contributed by atoms with E-state index in [1.807, 2.05) is 25.1 Å². The fraction of sp³-hybridized carbons (Fsp3) is 0.160. The van der Waals surface area contributed by atoms with Crippen molar-refractivity contribution in [2.75, 3.05) is 0 Å². The minimum atomic E-state index is -0.270. The Morgan fingerprint density at radius 2 is 1.57 bits per heavy atom. The average Bonchev–Trinajstić information content (AvgIpc) is 2.70. The van der Waals surface area contributed by atoms with E-state index in [1.54, 1.807) is 12.1 Å². The maximum Gasteiger partial charge on any atom is 0.136 e. The van der Waals surface area contributed by atoms with Gasteiger partial charge < -0.3 is 4.42 Å². The topological polar surface area (TPSA) is 25.5 Å². The molecule has 0 fully saturated rings. The van der Waals surface area contributed by atoms with Crippen molar-refractivity contribution in [3.05, 3.63) is 95.1 Å². The molecule has 0 saturated carbocycles. The summed E-state index contributed by atoms with van der Waals surface area (Å²) in [6.07, 6.45) is 0. The molecule has 140 valence electrons. The number of nitrogens with zero attached hydrogens (tertiary/aromatic N) is 1. The highest BCUT2D eigenvalue weighted by atomic mass is 19.1. The second-order valence-electron chi connectivity index (χ2n) is 7.36. The number of rotatable bonds is 3. The highest BCUT2D eigenvalue weighted by molar-refractivity contribution is 5.79. The first-order valence-electron chi connectivity index (χ1n) is 9.45. The van der Waals surface area contributed by atoms with Gasteiger partial charge in [-0.1, -0.05) is 49.7 Å². The van der Waals surface area contributed by atoms with Crippen LogP contribution in [-0.2, 0) is 0 Å². The van der Waals surface area contributed by atoms with Gasteiger partial charge in [-0.25, -0.2) is 9.38 Å².